The first-order valence-electron chi connectivity index (χ1n) is 4.71. The fourth-order valence-corrected chi connectivity index (χ4v) is 3.37. The van der Waals surface area contributed by atoms with Crippen molar-refractivity contribution in [1.82, 2.24) is 14.3 Å². The van der Waals surface area contributed by atoms with Gasteiger partial charge in [0.05, 0.1) is 6.10 Å². The van der Waals surface area contributed by atoms with E-state index in [-0.39, 0.29) is 17.7 Å². The monoisotopic (exact) mass is 231 g/mol. The predicted octanol–water partition coefficient (Wildman–Crippen LogP) is -0.447. The van der Waals surface area contributed by atoms with Gasteiger partial charge < -0.3 is 10.1 Å². The first-order valence-corrected chi connectivity index (χ1v) is 6.15. The summed E-state index contributed by atoms with van der Waals surface area (Å²) in [5.41, 5.74) is 0. The second kappa shape index (κ2) is 3.58. The van der Waals surface area contributed by atoms with E-state index >= 15 is 0 Å². The summed E-state index contributed by atoms with van der Waals surface area (Å²) in [5, 5.41) is 9.33. The summed E-state index contributed by atoms with van der Waals surface area (Å²) in [5.74, 6) is 0. The molecule has 2 unspecified atom stereocenters. The number of hydrogen-bond acceptors (Lipinski definition) is 4. The molecule has 1 fully saturated rings. The maximum atomic E-state index is 12.0. The fraction of sp³-hybridized carbons (Fsp3) is 0.625. The summed E-state index contributed by atoms with van der Waals surface area (Å²) in [7, 11) is -3.57. The molecule has 6 nitrogen and oxygen atoms in total. The largest absolute Gasteiger partial charge is 0.392 e. The summed E-state index contributed by atoms with van der Waals surface area (Å²) >= 11 is 0. The molecule has 0 aromatic carbocycles. The molecule has 1 aromatic rings. The van der Waals surface area contributed by atoms with Gasteiger partial charge >= 0.3 is 0 Å². The number of aliphatic hydroxyl groups is 1. The SMILES string of the molecule is CC1CC(O)CN1S(=O)(=O)c1ncc[nH]1. The summed E-state index contributed by atoms with van der Waals surface area (Å²) in [6.45, 7) is 1.92. The van der Waals surface area contributed by atoms with Crippen LogP contribution in [0, 0.1) is 0 Å². The van der Waals surface area contributed by atoms with Crippen molar-refractivity contribution in [3.05, 3.63) is 12.4 Å². The third-order valence-corrected chi connectivity index (χ3v) is 4.36. The van der Waals surface area contributed by atoms with E-state index in [4.69, 9.17) is 0 Å². The van der Waals surface area contributed by atoms with Crippen molar-refractivity contribution >= 4 is 10.0 Å². The van der Waals surface area contributed by atoms with Gasteiger partial charge in [0.25, 0.3) is 10.0 Å². The number of aromatic nitrogens is 2. The molecule has 0 saturated carbocycles. The highest BCUT2D eigenvalue weighted by molar-refractivity contribution is 7.89. The van der Waals surface area contributed by atoms with Crippen molar-refractivity contribution in [1.29, 1.82) is 0 Å². The molecule has 7 heteroatoms. The van der Waals surface area contributed by atoms with E-state index in [0.29, 0.717) is 6.42 Å². The zero-order valence-corrected chi connectivity index (χ0v) is 9.11. The van der Waals surface area contributed by atoms with Crippen molar-refractivity contribution in [2.45, 2.75) is 30.6 Å². The number of hydrogen-bond donors (Lipinski definition) is 2. The number of rotatable bonds is 2. The first kappa shape index (κ1) is 10.6. The second-order valence-corrected chi connectivity index (χ2v) is 5.51. The molecule has 1 saturated heterocycles. The minimum Gasteiger partial charge on any atom is -0.392 e. The van der Waals surface area contributed by atoms with Gasteiger partial charge in [-0.3, -0.25) is 0 Å². The number of aliphatic hydroxyl groups excluding tert-OH is 1. The Morgan fingerprint density at radius 2 is 2.40 bits per heavy atom. The molecule has 0 radical (unpaired) electrons. The lowest BCUT2D eigenvalue weighted by Gasteiger charge is -2.18. The number of nitrogens with one attached hydrogen (secondary N) is 1. The number of sulfonamides is 1. The van der Waals surface area contributed by atoms with Crippen molar-refractivity contribution in [2.24, 2.45) is 0 Å². The van der Waals surface area contributed by atoms with Gasteiger partial charge in [0.2, 0.25) is 5.16 Å². The maximum Gasteiger partial charge on any atom is 0.277 e. The van der Waals surface area contributed by atoms with Crippen molar-refractivity contribution < 1.29 is 13.5 Å². The number of aromatic amines is 1. The molecule has 0 amide bonds. The molecule has 15 heavy (non-hydrogen) atoms. The minimum absolute atomic E-state index is 0.0662. The van der Waals surface area contributed by atoms with Gasteiger partial charge in [0, 0.05) is 25.0 Å². The third-order valence-electron chi connectivity index (χ3n) is 2.52. The molecule has 84 valence electrons. The highest BCUT2D eigenvalue weighted by atomic mass is 32.2. The Hall–Kier alpha value is -0.920. The van der Waals surface area contributed by atoms with E-state index in [9.17, 15) is 13.5 Å². The van der Waals surface area contributed by atoms with Crippen LogP contribution < -0.4 is 0 Å². The van der Waals surface area contributed by atoms with Crippen LogP contribution >= 0.6 is 0 Å². The van der Waals surface area contributed by atoms with Crippen LogP contribution in [0.5, 0.6) is 0 Å². The van der Waals surface area contributed by atoms with E-state index in [1.54, 1.807) is 6.92 Å². The Morgan fingerprint density at radius 1 is 1.67 bits per heavy atom. The summed E-state index contributed by atoms with van der Waals surface area (Å²) < 4.78 is 25.2. The fourth-order valence-electron chi connectivity index (χ4n) is 1.81. The molecule has 0 aliphatic carbocycles. The molecule has 2 heterocycles. The smallest absolute Gasteiger partial charge is 0.277 e. The van der Waals surface area contributed by atoms with E-state index < -0.39 is 16.1 Å². The van der Waals surface area contributed by atoms with Gasteiger partial charge in [-0.1, -0.05) is 0 Å². The summed E-state index contributed by atoms with van der Waals surface area (Å²) in [6.07, 6.45) is 2.75. The van der Waals surface area contributed by atoms with E-state index in [1.165, 1.54) is 16.7 Å². The quantitative estimate of drug-likeness (QED) is 0.722. The first-order chi connectivity index (χ1) is 7.01. The average Bonchev–Trinajstić information content (AvgIpc) is 2.74. The van der Waals surface area contributed by atoms with Crippen LogP contribution in [0.4, 0.5) is 0 Å². The zero-order chi connectivity index (χ0) is 11.1. The molecular weight excluding hydrogens is 218 g/mol. The van der Waals surface area contributed by atoms with Crippen molar-refractivity contribution in [3.8, 4) is 0 Å². The molecule has 1 aliphatic rings. The van der Waals surface area contributed by atoms with E-state index in [2.05, 4.69) is 9.97 Å². The van der Waals surface area contributed by atoms with Crippen LogP contribution in [-0.2, 0) is 10.0 Å². The van der Waals surface area contributed by atoms with Gasteiger partial charge in [-0.25, -0.2) is 13.4 Å². The Balaban J connectivity index is 2.31. The zero-order valence-electron chi connectivity index (χ0n) is 8.29. The standard InChI is InChI=1S/C8H13N3O3S/c1-6-4-7(12)5-11(6)15(13,14)8-9-2-3-10-8/h2-3,6-7,12H,4-5H2,1H3,(H,9,10). The second-order valence-electron chi connectivity index (χ2n) is 3.71. The number of imidazole rings is 1. The summed E-state index contributed by atoms with van der Waals surface area (Å²) in [6, 6.07) is -0.185. The molecule has 1 aliphatic heterocycles. The van der Waals surface area contributed by atoms with Crippen LogP contribution in [0.15, 0.2) is 17.6 Å². The molecule has 2 atom stereocenters. The minimum atomic E-state index is -3.57. The highest BCUT2D eigenvalue weighted by Gasteiger charge is 2.38. The maximum absolute atomic E-state index is 12.0. The van der Waals surface area contributed by atoms with Gasteiger partial charge in [-0.15, -0.1) is 0 Å². The lowest BCUT2D eigenvalue weighted by atomic mass is 10.2. The number of H-pyrrole nitrogens is 1. The Bertz CT molecular complexity index is 428. The normalized spacial score (nSPS) is 28.4. The van der Waals surface area contributed by atoms with Crippen molar-refractivity contribution in [3.63, 3.8) is 0 Å². The van der Waals surface area contributed by atoms with Crippen LogP contribution in [-0.4, -0.2) is 46.5 Å². The molecule has 0 bridgehead atoms. The lowest BCUT2D eigenvalue weighted by Crippen LogP contribution is -2.35. The van der Waals surface area contributed by atoms with Gasteiger partial charge in [-0.2, -0.15) is 4.31 Å². The van der Waals surface area contributed by atoms with Crippen LogP contribution in [0.3, 0.4) is 0 Å². The molecule has 1 aromatic heterocycles. The van der Waals surface area contributed by atoms with Gasteiger partial charge in [0.15, 0.2) is 0 Å². The summed E-state index contributed by atoms with van der Waals surface area (Å²) in [4.78, 5) is 6.29. The average molecular weight is 231 g/mol. The third kappa shape index (κ3) is 1.77. The topological polar surface area (TPSA) is 86.3 Å². The Morgan fingerprint density at radius 3 is 2.87 bits per heavy atom. The lowest BCUT2D eigenvalue weighted by molar-refractivity contribution is 0.188. The van der Waals surface area contributed by atoms with Gasteiger partial charge in [-0.05, 0) is 13.3 Å². The molecule has 2 N–H and O–H groups in total. The van der Waals surface area contributed by atoms with Crippen LogP contribution in [0.1, 0.15) is 13.3 Å². The molecular formula is C8H13N3O3S. The van der Waals surface area contributed by atoms with E-state index in [0.717, 1.165) is 0 Å². The van der Waals surface area contributed by atoms with Gasteiger partial charge in [0.1, 0.15) is 0 Å². The van der Waals surface area contributed by atoms with Crippen LogP contribution in [0.2, 0.25) is 0 Å². The number of nitrogens with zero attached hydrogens (tertiary/aromatic N) is 2. The Kier molecular flexibility index (Phi) is 2.53. The highest BCUT2D eigenvalue weighted by Crippen LogP contribution is 2.23. The van der Waals surface area contributed by atoms with Crippen LogP contribution in [0.25, 0.3) is 0 Å². The molecule has 0 spiro atoms. The molecule has 2 rings (SSSR count). The predicted molar refractivity (Wildman–Crippen MR) is 52.6 cm³/mol. The van der Waals surface area contributed by atoms with E-state index in [1.807, 2.05) is 0 Å². The number of β-amino-alcohol motifs (C(OH)–C–C–N with tert-alkyl or cyclic N) is 1. The Labute approximate surface area is 88.0 Å². The van der Waals surface area contributed by atoms with Crippen molar-refractivity contribution in [2.75, 3.05) is 6.54 Å².